The zero-order valence-electron chi connectivity index (χ0n) is 10.7. The van der Waals surface area contributed by atoms with Crippen molar-refractivity contribution in [1.29, 1.82) is 0 Å². The maximum Gasteiger partial charge on any atom is 0.0594 e. The van der Waals surface area contributed by atoms with Crippen LogP contribution < -0.4 is 5.32 Å². The first-order chi connectivity index (χ1) is 8.40. The Bertz CT molecular complexity index is 304. The summed E-state index contributed by atoms with van der Waals surface area (Å²) >= 11 is 0. The molecule has 94 valence electrons. The van der Waals surface area contributed by atoms with Crippen molar-refractivity contribution in [3.8, 4) is 0 Å². The van der Waals surface area contributed by atoms with Crippen molar-refractivity contribution in [3.05, 3.63) is 35.9 Å². The lowest BCUT2D eigenvalue weighted by atomic mass is 9.83. The second-order valence-electron chi connectivity index (χ2n) is 4.86. The molecule has 0 spiro atoms. The van der Waals surface area contributed by atoms with Crippen LogP contribution in [0.25, 0.3) is 0 Å². The number of hydrogen-bond donors (Lipinski definition) is 1. The number of likely N-dealkylation sites (N-methyl/N-ethyl adjacent to an activating group) is 1. The van der Waals surface area contributed by atoms with Crippen molar-refractivity contribution < 1.29 is 4.74 Å². The monoisotopic (exact) mass is 233 g/mol. The van der Waals surface area contributed by atoms with Gasteiger partial charge in [-0.25, -0.2) is 0 Å². The number of rotatable bonds is 5. The van der Waals surface area contributed by atoms with Crippen LogP contribution in [-0.2, 0) is 4.74 Å². The molecule has 0 bridgehead atoms. The highest BCUT2D eigenvalue weighted by Gasteiger charge is 2.22. The Morgan fingerprint density at radius 2 is 1.82 bits per heavy atom. The second-order valence-corrected chi connectivity index (χ2v) is 4.86. The zero-order chi connectivity index (χ0) is 11.9. The van der Waals surface area contributed by atoms with Crippen LogP contribution in [0, 0.1) is 0 Å². The molecular weight excluding hydrogens is 210 g/mol. The predicted octanol–water partition coefficient (Wildman–Crippen LogP) is 2.95. The van der Waals surface area contributed by atoms with Crippen molar-refractivity contribution >= 4 is 0 Å². The Hall–Kier alpha value is -0.860. The van der Waals surface area contributed by atoms with E-state index in [0.29, 0.717) is 6.10 Å². The van der Waals surface area contributed by atoms with Crippen LogP contribution in [0.4, 0.5) is 0 Å². The maximum absolute atomic E-state index is 5.85. The fourth-order valence-corrected chi connectivity index (χ4v) is 2.62. The van der Waals surface area contributed by atoms with E-state index < -0.39 is 0 Å². The van der Waals surface area contributed by atoms with Crippen LogP contribution in [0.3, 0.4) is 0 Å². The molecular formula is C15H23NO. The molecule has 2 heteroatoms. The maximum atomic E-state index is 5.85. The topological polar surface area (TPSA) is 21.3 Å². The minimum absolute atomic E-state index is 0.489. The minimum Gasteiger partial charge on any atom is -0.377 e. The lowest BCUT2D eigenvalue weighted by Gasteiger charge is -2.28. The highest BCUT2D eigenvalue weighted by atomic mass is 16.5. The Labute approximate surface area is 104 Å². The number of hydrogen-bond acceptors (Lipinski definition) is 2. The van der Waals surface area contributed by atoms with Crippen LogP contribution in [0.5, 0.6) is 0 Å². The molecule has 0 radical (unpaired) electrons. The molecule has 1 fully saturated rings. The molecule has 1 N–H and O–H groups in total. The largest absolute Gasteiger partial charge is 0.377 e. The summed E-state index contributed by atoms with van der Waals surface area (Å²) in [4.78, 5) is 0. The van der Waals surface area contributed by atoms with Gasteiger partial charge < -0.3 is 10.1 Å². The highest BCUT2D eigenvalue weighted by molar-refractivity contribution is 5.19. The van der Waals surface area contributed by atoms with E-state index in [1.54, 1.807) is 0 Å². The van der Waals surface area contributed by atoms with Gasteiger partial charge in [-0.05, 0) is 44.2 Å². The van der Waals surface area contributed by atoms with Crippen LogP contribution in [0.2, 0.25) is 0 Å². The SMILES string of the molecule is CNCCOC1CCC(c2ccccc2)CC1. The fourth-order valence-electron chi connectivity index (χ4n) is 2.62. The molecule has 0 heterocycles. The van der Waals surface area contributed by atoms with Gasteiger partial charge in [-0.1, -0.05) is 30.3 Å². The van der Waals surface area contributed by atoms with Gasteiger partial charge in [0.1, 0.15) is 0 Å². The zero-order valence-corrected chi connectivity index (χ0v) is 10.7. The third kappa shape index (κ3) is 3.83. The first-order valence-corrected chi connectivity index (χ1v) is 6.71. The quantitative estimate of drug-likeness (QED) is 0.790. The number of nitrogens with one attached hydrogen (secondary N) is 1. The molecule has 0 aliphatic heterocycles. The summed E-state index contributed by atoms with van der Waals surface area (Å²) in [6.07, 6.45) is 5.46. The first kappa shape index (κ1) is 12.6. The second kappa shape index (κ2) is 6.77. The summed E-state index contributed by atoms with van der Waals surface area (Å²) in [6, 6.07) is 10.9. The molecule has 2 nitrogen and oxygen atoms in total. The lowest BCUT2D eigenvalue weighted by Crippen LogP contribution is -2.24. The van der Waals surface area contributed by atoms with E-state index in [4.69, 9.17) is 4.74 Å². The minimum atomic E-state index is 0.489. The van der Waals surface area contributed by atoms with Gasteiger partial charge in [-0.15, -0.1) is 0 Å². The fraction of sp³-hybridized carbons (Fsp3) is 0.600. The van der Waals surface area contributed by atoms with Gasteiger partial charge in [0.25, 0.3) is 0 Å². The Kier molecular flexibility index (Phi) is 5.02. The molecule has 1 aliphatic carbocycles. The normalized spacial score (nSPS) is 24.8. The molecule has 0 aromatic heterocycles. The molecule has 2 rings (SSSR count). The van der Waals surface area contributed by atoms with E-state index in [0.717, 1.165) is 19.1 Å². The van der Waals surface area contributed by atoms with Gasteiger partial charge in [0.2, 0.25) is 0 Å². The summed E-state index contributed by atoms with van der Waals surface area (Å²) in [6.45, 7) is 1.80. The molecule has 1 aromatic rings. The van der Waals surface area contributed by atoms with Gasteiger partial charge >= 0.3 is 0 Å². The van der Waals surface area contributed by atoms with Crippen molar-refractivity contribution in [1.82, 2.24) is 5.32 Å². The highest BCUT2D eigenvalue weighted by Crippen LogP contribution is 2.33. The van der Waals surface area contributed by atoms with Gasteiger partial charge in [-0.2, -0.15) is 0 Å². The van der Waals surface area contributed by atoms with Gasteiger partial charge in [-0.3, -0.25) is 0 Å². The van der Waals surface area contributed by atoms with E-state index in [1.807, 2.05) is 7.05 Å². The van der Waals surface area contributed by atoms with Crippen molar-refractivity contribution in [3.63, 3.8) is 0 Å². The lowest BCUT2D eigenvalue weighted by molar-refractivity contribution is 0.0271. The van der Waals surface area contributed by atoms with E-state index in [1.165, 1.54) is 31.2 Å². The molecule has 0 amide bonds. The van der Waals surface area contributed by atoms with Gasteiger partial charge in [0.05, 0.1) is 12.7 Å². The van der Waals surface area contributed by atoms with E-state index in [-0.39, 0.29) is 0 Å². The van der Waals surface area contributed by atoms with E-state index >= 15 is 0 Å². The van der Waals surface area contributed by atoms with Crippen molar-refractivity contribution in [2.45, 2.75) is 37.7 Å². The third-order valence-electron chi connectivity index (χ3n) is 3.65. The molecule has 0 saturated heterocycles. The molecule has 1 aliphatic rings. The van der Waals surface area contributed by atoms with Crippen molar-refractivity contribution in [2.24, 2.45) is 0 Å². The van der Waals surface area contributed by atoms with Crippen molar-refractivity contribution in [2.75, 3.05) is 20.2 Å². The number of benzene rings is 1. The van der Waals surface area contributed by atoms with E-state index in [2.05, 4.69) is 35.6 Å². The Morgan fingerprint density at radius 1 is 1.12 bits per heavy atom. The van der Waals surface area contributed by atoms with Crippen LogP contribution in [0.15, 0.2) is 30.3 Å². The van der Waals surface area contributed by atoms with Crippen LogP contribution in [0.1, 0.15) is 37.2 Å². The standard InChI is InChI=1S/C15H23NO/c1-16-11-12-17-15-9-7-14(8-10-15)13-5-3-2-4-6-13/h2-6,14-16H,7-12H2,1H3. The number of ether oxygens (including phenoxy) is 1. The van der Waals surface area contributed by atoms with Crippen LogP contribution >= 0.6 is 0 Å². The average molecular weight is 233 g/mol. The molecule has 17 heavy (non-hydrogen) atoms. The molecule has 0 unspecified atom stereocenters. The average Bonchev–Trinajstić information content (AvgIpc) is 2.41. The molecule has 1 aromatic carbocycles. The summed E-state index contributed by atoms with van der Waals surface area (Å²) in [5.41, 5.74) is 1.50. The van der Waals surface area contributed by atoms with Gasteiger partial charge in [0.15, 0.2) is 0 Å². The summed E-state index contributed by atoms with van der Waals surface area (Å²) in [7, 11) is 1.97. The predicted molar refractivity (Wildman–Crippen MR) is 71.3 cm³/mol. The van der Waals surface area contributed by atoms with E-state index in [9.17, 15) is 0 Å². The van der Waals surface area contributed by atoms with Crippen LogP contribution in [-0.4, -0.2) is 26.3 Å². The molecule has 0 atom stereocenters. The summed E-state index contributed by atoms with van der Waals surface area (Å²) in [5, 5.41) is 3.12. The Morgan fingerprint density at radius 3 is 2.47 bits per heavy atom. The first-order valence-electron chi connectivity index (χ1n) is 6.71. The smallest absolute Gasteiger partial charge is 0.0594 e. The molecule has 1 saturated carbocycles. The Balaban J connectivity index is 1.74. The third-order valence-corrected chi connectivity index (χ3v) is 3.65. The van der Waals surface area contributed by atoms with Gasteiger partial charge in [0, 0.05) is 6.54 Å². The summed E-state index contributed by atoms with van der Waals surface area (Å²) < 4.78 is 5.85. The summed E-state index contributed by atoms with van der Waals surface area (Å²) in [5.74, 6) is 0.750.